The first-order chi connectivity index (χ1) is 7.70. The number of rotatable bonds is 1. The van der Waals surface area contributed by atoms with Crippen LogP contribution in [0.15, 0.2) is 18.2 Å². The predicted molar refractivity (Wildman–Crippen MR) is 60.9 cm³/mol. The number of benzene rings is 1. The van der Waals surface area contributed by atoms with Gasteiger partial charge in [-0.2, -0.15) is 0 Å². The van der Waals surface area contributed by atoms with Gasteiger partial charge in [0.25, 0.3) is 0 Å². The van der Waals surface area contributed by atoms with Gasteiger partial charge in [0.15, 0.2) is 0 Å². The lowest BCUT2D eigenvalue weighted by molar-refractivity contribution is -0.0317. The van der Waals surface area contributed by atoms with E-state index < -0.39 is 5.60 Å². The highest BCUT2D eigenvalue weighted by atomic mass is 16.5. The molecule has 0 radical (unpaired) electrons. The number of hydrogen-bond donors (Lipinski definition) is 2. The van der Waals surface area contributed by atoms with Crippen molar-refractivity contribution >= 4 is 0 Å². The zero-order chi connectivity index (χ0) is 11.2. The Hall–Kier alpha value is -0.900. The van der Waals surface area contributed by atoms with Crippen LogP contribution in [0.3, 0.4) is 0 Å². The van der Waals surface area contributed by atoms with Crippen molar-refractivity contribution in [3.8, 4) is 0 Å². The lowest BCUT2D eigenvalue weighted by Crippen LogP contribution is -2.33. The summed E-state index contributed by atoms with van der Waals surface area (Å²) in [7, 11) is 0. The summed E-state index contributed by atoms with van der Waals surface area (Å²) >= 11 is 0. The molecule has 0 aliphatic carbocycles. The van der Waals surface area contributed by atoms with Crippen LogP contribution in [-0.2, 0) is 23.4 Å². The van der Waals surface area contributed by atoms with Crippen LogP contribution in [-0.4, -0.2) is 17.8 Å². The predicted octanol–water partition coefficient (Wildman–Crippen LogP) is 1.29. The van der Waals surface area contributed by atoms with Gasteiger partial charge in [-0.15, -0.1) is 0 Å². The highest BCUT2D eigenvalue weighted by Crippen LogP contribution is 2.36. The average molecular weight is 219 g/mol. The molecule has 0 spiro atoms. The molecule has 0 saturated carbocycles. The quantitative estimate of drug-likeness (QED) is 0.747. The first kappa shape index (κ1) is 10.3. The van der Waals surface area contributed by atoms with E-state index in [1.807, 2.05) is 13.0 Å². The molecule has 3 rings (SSSR count). The van der Waals surface area contributed by atoms with E-state index in [2.05, 4.69) is 17.4 Å². The van der Waals surface area contributed by atoms with Crippen molar-refractivity contribution in [2.45, 2.75) is 38.1 Å². The zero-order valence-corrected chi connectivity index (χ0v) is 9.49. The summed E-state index contributed by atoms with van der Waals surface area (Å²) in [5.74, 6) is 0. The number of nitrogens with one attached hydrogen (secondary N) is 1. The molecule has 2 atom stereocenters. The van der Waals surface area contributed by atoms with Crippen LogP contribution >= 0.6 is 0 Å². The second kappa shape index (κ2) is 3.55. The van der Waals surface area contributed by atoms with Crippen LogP contribution in [0.25, 0.3) is 0 Å². The third-order valence-corrected chi connectivity index (χ3v) is 3.86. The van der Waals surface area contributed by atoms with Gasteiger partial charge >= 0.3 is 0 Å². The van der Waals surface area contributed by atoms with Crippen molar-refractivity contribution in [2.24, 2.45) is 0 Å². The first-order valence-corrected chi connectivity index (χ1v) is 5.87. The maximum absolute atomic E-state index is 10.6. The molecule has 2 heterocycles. The second-order valence-electron chi connectivity index (χ2n) is 4.77. The van der Waals surface area contributed by atoms with E-state index in [0.717, 1.165) is 18.7 Å². The highest BCUT2D eigenvalue weighted by Gasteiger charge is 2.41. The minimum absolute atomic E-state index is 0.111. The summed E-state index contributed by atoms with van der Waals surface area (Å²) in [5, 5.41) is 13.9. The smallest absolute Gasteiger partial charge is 0.118 e. The van der Waals surface area contributed by atoms with Crippen molar-refractivity contribution in [3.63, 3.8) is 0 Å². The fraction of sp³-hybridized carbons (Fsp3) is 0.538. The van der Waals surface area contributed by atoms with Gasteiger partial charge in [-0.3, -0.25) is 0 Å². The largest absolute Gasteiger partial charge is 0.382 e. The van der Waals surface area contributed by atoms with Crippen LogP contribution in [0.5, 0.6) is 0 Å². The Morgan fingerprint density at radius 1 is 1.38 bits per heavy atom. The van der Waals surface area contributed by atoms with Gasteiger partial charge in [-0.1, -0.05) is 18.2 Å². The summed E-state index contributed by atoms with van der Waals surface area (Å²) in [6, 6.07) is 6.28. The van der Waals surface area contributed by atoms with E-state index in [0.29, 0.717) is 13.0 Å². The van der Waals surface area contributed by atoms with Gasteiger partial charge in [-0.05, 0) is 23.6 Å². The van der Waals surface area contributed by atoms with E-state index >= 15 is 0 Å². The van der Waals surface area contributed by atoms with E-state index in [-0.39, 0.29) is 6.10 Å². The Labute approximate surface area is 95.4 Å². The molecule has 1 fully saturated rings. The minimum atomic E-state index is -0.794. The molecule has 0 bridgehead atoms. The SMILES string of the molecule is CC1OCCC1(O)c1ccc2c(c1)CNC2. The Bertz CT molecular complexity index is 418. The normalized spacial score (nSPS) is 33.0. The van der Waals surface area contributed by atoms with E-state index in [1.165, 1.54) is 11.1 Å². The molecule has 3 heteroatoms. The van der Waals surface area contributed by atoms with E-state index in [9.17, 15) is 5.11 Å². The lowest BCUT2D eigenvalue weighted by atomic mass is 9.86. The van der Waals surface area contributed by atoms with Gasteiger partial charge in [0.2, 0.25) is 0 Å². The van der Waals surface area contributed by atoms with Crippen LogP contribution in [0, 0.1) is 0 Å². The van der Waals surface area contributed by atoms with E-state index in [4.69, 9.17) is 4.74 Å². The van der Waals surface area contributed by atoms with Gasteiger partial charge in [0, 0.05) is 19.5 Å². The van der Waals surface area contributed by atoms with E-state index in [1.54, 1.807) is 0 Å². The molecule has 3 nitrogen and oxygen atoms in total. The monoisotopic (exact) mass is 219 g/mol. The van der Waals surface area contributed by atoms with Crippen molar-refractivity contribution in [3.05, 3.63) is 34.9 Å². The van der Waals surface area contributed by atoms with Crippen LogP contribution in [0.4, 0.5) is 0 Å². The van der Waals surface area contributed by atoms with Crippen LogP contribution in [0.1, 0.15) is 30.0 Å². The molecule has 2 aliphatic rings. The third kappa shape index (κ3) is 1.39. The molecule has 1 aromatic rings. The molecule has 2 unspecified atom stereocenters. The Morgan fingerprint density at radius 3 is 2.94 bits per heavy atom. The molecule has 16 heavy (non-hydrogen) atoms. The topological polar surface area (TPSA) is 41.5 Å². The van der Waals surface area contributed by atoms with Crippen LogP contribution < -0.4 is 5.32 Å². The van der Waals surface area contributed by atoms with Gasteiger partial charge < -0.3 is 15.2 Å². The first-order valence-electron chi connectivity index (χ1n) is 5.87. The Kier molecular flexibility index (Phi) is 2.28. The van der Waals surface area contributed by atoms with Gasteiger partial charge in [-0.25, -0.2) is 0 Å². The zero-order valence-electron chi connectivity index (χ0n) is 9.49. The fourth-order valence-electron chi connectivity index (χ4n) is 2.68. The van der Waals surface area contributed by atoms with Crippen molar-refractivity contribution in [1.82, 2.24) is 5.32 Å². The molecule has 1 saturated heterocycles. The Balaban J connectivity index is 2.00. The molecule has 0 aromatic heterocycles. The maximum Gasteiger partial charge on any atom is 0.118 e. The molecular weight excluding hydrogens is 202 g/mol. The maximum atomic E-state index is 10.6. The highest BCUT2D eigenvalue weighted by molar-refractivity contribution is 5.37. The summed E-state index contributed by atoms with van der Waals surface area (Å²) < 4.78 is 5.48. The number of ether oxygens (including phenoxy) is 1. The minimum Gasteiger partial charge on any atom is -0.382 e. The summed E-state index contributed by atoms with van der Waals surface area (Å²) in [6.45, 7) is 4.44. The lowest BCUT2D eigenvalue weighted by Gasteiger charge is -2.27. The van der Waals surface area contributed by atoms with Crippen molar-refractivity contribution in [2.75, 3.05) is 6.61 Å². The van der Waals surface area contributed by atoms with Gasteiger partial charge in [0.1, 0.15) is 5.60 Å². The molecule has 2 aliphatic heterocycles. The number of hydrogen-bond acceptors (Lipinski definition) is 3. The molecule has 2 N–H and O–H groups in total. The Morgan fingerprint density at radius 2 is 2.19 bits per heavy atom. The van der Waals surface area contributed by atoms with Crippen molar-refractivity contribution in [1.29, 1.82) is 0 Å². The number of aliphatic hydroxyl groups is 1. The summed E-state index contributed by atoms with van der Waals surface area (Å²) in [4.78, 5) is 0. The van der Waals surface area contributed by atoms with Crippen molar-refractivity contribution < 1.29 is 9.84 Å². The third-order valence-electron chi connectivity index (χ3n) is 3.86. The standard InChI is InChI=1S/C13H17NO2/c1-9-13(15,4-5-16-9)12-3-2-10-7-14-8-11(10)6-12/h2-3,6,9,14-15H,4-5,7-8H2,1H3. The fourth-order valence-corrected chi connectivity index (χ4v) is 2.68. The number of fused-ring (bicyclic) bond motifs is 1. The molecular formula is C13H17NO2. The molecule has 0 amide bonds. The van der Waals surface area contributed by atoms with Gasteiger partial charge in [0.05, 0.1) is 12.7 Å². The summed E-state index contributed by atoms with van der Waals surface area (Å²) in [5.41, 5.74) is 2.86. The summed E-state index contributed by atoms with van der Waals surface area (Å²) in [6.07, 6.45) is 0.584. The molecule has 86 valence electrons. The second-order valence-corrected chi connectivity index (χ2v) is 4.77. The average Bonchev–Trinajstić information content (AvgIpc) is 2.86. The molecule has 1 aromatic carbocycles. The van der Waals surface area contributed by atoms with Crippen LogP contribution in [0.2, 0.25) is 0 Å².